The van der Waals surface area contributed by atoms with Crippen molar-refractivity contribution in [3.63, 3.8) is 0 Å². The Morgan fingerprint density at radius 1 is 1.33 bits per heavy atom. The highest BCUT2D eigenvalue weighted by Gasteiger charge is 2.26. The second-order valence-electron chi connectivity index (χ2n) is 5.30. The molecule has 0 aromatic heterocycles. The van der Waals surface area contributed by atoms with Crippen molar-refractivity contribution >= 4 is 5.91 Å². The third kappa shape index (κ3) is 4.39. The SMILES string of the molecule is O=C(COc1ccc(F)cc1F)NCC1CCCC1CO. The van der Waals surface area contributed by atoms with Crippen molar-refractivity contribution in [3.8, 4) is 5.75 Å². The molecule has 1 aromatic carbocycles. The highest BCUT2D eigenvalue weighted by Crippen LogP contribution is 2.30. The van der Waals surface area contributed by atoms with Gasteiger partial charge in [-0.3, -0.25) is 4.79 Å². The monoisotopic (exact) mass is 299 g/mol. The van der Waals surface area contributed by atoms with Gasteiger partial charge in [-0.05, 0) is 36.8 Å². The second-order valence-corrected chi connectivity index (χ2v) is 5.30. The zero-order chi connectivity index (χ0) is 15.2. The summed E-state index contributed by atoms with van der Waals surface area (Å²) in [6.45, 7) is 0.302. The second kappa shape index (κ2) is 7.36. The van der Waals surface area contributed by atoms with Crippen LogP contribution in [0.25, 0.3) is 0 Å². The van der Waals surface area contributed by atoms with Crippen LogP contribution in [-0.4, -0.2) is 30.8 Å². The van der Waals surface area contributed by atoms with Gasteiger partial charge in [0.05, 0.1) is 0 Å². The number of halogens is 2. The largest absolute Gasteiger partial charge is 0.481 e. The molecule has 1 aromatic rings. The number of aliphatic hydroxyl groups is 1. The average Bonchev–Trinajstić information content (AvgIpc) is 2.91. The molecule has 1 aliphatic rings. The lowest BCUT2D eigenvalue weighted by Gasteiger charge is -2.17. The van der Waals surface area contributed by atoms with Gasteiger partial charge < -0.3 is 15.2 Å². The number of amides is 1. The first-order valence-corrected chi connectivity index (χ1v) is 7.05. The molecular formula is C15H19F2NO3. The van der Waals surface area contributed by atoms with Gasteiger partial charge in [-0.2, -0.15) is 0 Å². The van der Waals surface area contributed by atoms with E-state index < -0.39 is 11.6 Å². The zero-order valence-electron chi connectivity index (χ0n) is 11.6. The molecule has 0 heterocycles. The molecule has 2 atom stereocenters. The van der Waals surface area contributed by atoms with Gasteiger partial charge in [0, 0.05) is 19.2 Å². The number of hydrogen-bond donors (Lipinski definition) is 2. The summed E-state index contributed by atoms with van der Waals surface area (Å²) in [5, 5.41) is 11.9. The minimum absolute atomic E-state index is 0.137. The van der Waals surface area contributed by atoms with Gasteiger partial charge in [-0.15, -0.1) is 0 Å². The van der Waals surface area contributed by atoms with Crippen LogP contribution in [-0.2, 0) is 4.79 Å². The van der Waals surface area contributed by atoms with Gasteiger partial charge in [0.2, 0.25) is 0 Å². The van der Waals surface area contributed by atoms with Crippen LogP contribution in [0.4, 0.5) is 8.78 Å². The number of rotatable bonds is 6. The van der Waals surface area contributed by atoms with E-state index >= 15 is 0 Å². The molecule has 1 amide bonds. The first-order valence-electron chi connectivity index (χ1n) is 7.05. The van der Waals surface area contributed by atoms with Crippen LogP contribution in [0.3, 0.4) is 0 Å². The quantitative estimate of drug-likeness (QED) is 0.843. The molecule has 6 heteroatoms. The van der Waals surface area contributed by atoms with E-state index in [0.717, 1.165) is 31.4 Å². The highest BCUT2D eigenvalue weighted by molar-refractivity contribution is 5.77. The molecular weight excluding hydrogens is 280 g/mol. The molecule has 0 spiro atoms. The number of aliphatic hydroxyl groups excluding tert-OH is 1. The van der Waals surface area contributed by atoms with Crippen LogP contribution in [0.2, 0.25) is 0 Å². The fourth-order valence-corrected chi connectivity index (χ4v) is 2.65. The summed E-state index contributed by atoms with van der Waals surface area (Å²) < 4.78 is 31.0. The normalized spacial score (nSPS) is 21.3. The van der Waals surface area contributed by atoms with Gasteiger partial charge in [-0.1, -0.05) is 6.42 Å². The summed E-state index contributed by atoms with van der Waals surface area (Å²) in [4.78, 5) is 11.7. The maximum absolute atomic E-state index is 13.3. The summed E-state index contributed by atoms with van der Waals surface area (Å²) >= 11 is 0. The molecule has 1 fully saturated rings. The Bertz CT molecular complexity index is 496. The molecule has 0 radical (unpaired) electrons. The van der Waals surface area contributed by atoms with E-state index in [4.69, 9.17) is 4.74 Å². The molecule has 116 valence electrons. The maximum Gasteiger partial charge on any atom is 0.257 e. The van der Waals surface area contributed by atoms with Crippen molar-refractivity contribution in [2.75, 3.05) is 19.8 Å². The van der Waals surface area contributed by atoms with Crippen molar-refractivity contribution in [3.05, 3.63) is 29.8 Å². The van der Waals surface area contributed by atoms with Crippen LogP contribution in [0.5, 0.6) is 5.75 Å². The number of carbonyl (C=O) groups excluding carboxylic acids is 1. The highest BCUT2D eigenvalue weighted by atomic mass is 19.1. The minimum atomic E-state index is -0.834. The van der Waals surface area contributed by atoms with Gasteiger partial charge in [0.15, 0.2) is 18.2 Å². The lowest BCUT2D eigenvalue weighted by molar-refractivity contribution is -0.123. The molecule has 4 nitrogen and oxygen atoms in total. The first kappa shape index (κ1) is 15.7. The van der Waals surface area contributed by atoms with Crippen molar-refractivity contribution in [2.24, 2.45) is 11.8 Å². The first-order chi connectivity index (χ1) is 10.1. The van der Waals surface area contributed by atoms with E-state index in [1.807, 2.05) is 0 Å². The summed E-state index contributed by atoms with van der Waals surface area (Å²) in [5.41, 5.74) is 0. The summed E-state index contributed by atoms with van der Waals surface area (Å²) in [7, 11) is 0. The smallest absolute Gasteiger partial charge is 0.257 e. The Hall–Kier alpha value is -1.69. The number of benzene rings is 1. The minimum Gasteiger partial charge on any atom is -0.481 e. The lowest BCUT2D eigenvalue weighted by Crippen LogP contribution is -2.34. The number of nitrogens with one attached hydrogen (secondary N) is 1. The van der Waals surface area contributed by atoms with Gasteiger partial charge in [0.25, 0.3) is 5.91 Å². The van der Waals surface area contributed by atoms with Gasteiger partial charge in [0.1, 0.15) is 5.82 Å². The van der Waals surface area contributed by atoms with Gasteiger partial charge in [-0.25, -0.2) is 8.78 Å². The lowest BCUT2D eigenvalue weighted by atomic mass is 9.97. The maximum atomic E-state index is 13.3. The fraction of sp³-hybridized carbons (Fsp3) is 0.533. The Kier molecular flexibility index (Phi) is 5.50. The summed E-state index contributed by atoms with van der Waals surface area (Å²) in [6, 6.07) is 2.93. The van der Waals surface area contributed by atoms with Crippen LogP contribution >= 0.6 is 0 Å². The topological polar surface area (TPSA) is 58.6 Å². The van der Waals surface area contributed by atoms with Crippen LogP contribution in [0.1, 0.15) is 19.3 Å². The van der Waals surface area contributed by atoms with E-state index in [0.29, 0.717) is 12.6 Å². The van der Waals surface area contributed by atoms with E-state index in [1.54, 1.807) is 0 Å². The van der Waals surface area contributed by atoms with Crippen LogP contribution in [0.15, 0.2) is 18.2 Å². The predicted octanol–water partition coefficient (Wildman–Crippen LogP) is 1.87. The molecule has 0 aliphatic heterocycles. The Morgan fingerprint density at radius 2 is 2.10 bits per heavy atom. The van der Waals surface area contributed by atoms with Gasteiger partial charge >= 0.3 is 0 Å². The summed E-state index contributed by atoms with van der Waals surface area (Å²) in [6.07, 6.45) is 3.02. The Balaban J connectivity index is 1.74. The van der Waals surface area contributed by atoms with Crippen molar-refractivity contribution in [2.45, 2.75) is 19.3 Å². The molecule has 2 unspecified atom stereocenters. The molecule has 0 bridgehead atoms. The fourth-order valence-electron chi connectivity index (χ4n) is 2.65. The third-order valence-electron chi connectivity index (χ3n) is 3.87. The van der Waals surface area contributed by atoms with Crippen molar-refractivity contribution in [1.29, 1.82) is 0 Å². The Morgan fingerprint density at radius 3 is 2.81 bits per heavy atom. The van der Waals surface area contributed by atoms with E-state index in [2.05, 4.69) is 5.32 Å². The number of ether oxygens (including phenoxy) is 1. The molecule has 21 heavy (non-hydrogen) atoms. The molecule has 2 rings (SSSR count). The van der Waals surface area contributed by atoms with Crippen molar-refractivity contribution < 1.29 is 23.4 Å². The average molecular weight is 299 g/mol. The number of carbonyl (C=O) groups is 1. The molecule has 2 N–H and O–H groups in total. The Labute approximate surface area is 122 Å². The van der Waals surface area contributed by atoms with E-state index in [9.17, 15) is 18.7 Å². The predicted molar refractivity (Wildman–Crippen MR) is 72.8 cm³/mol. The summed E-state index contributed by atoms with van der Waals surface area (Å²) in [5.74, 6) is -1.52. The van der Waals surface area contributed by atoms with E-state index in [1.165, 1.54) is 0 Å². The zero-order valence-corrected chi connectivity index (χ0v) is 11.6. The third-order valence-corrected chi connectivity index (χ3v) is 3.87. The molecule has 1 saturated carbocycles. The molecule has 1 aliphatic carbocycles. The van der Waals surface area contributed by atoms with Crippen LogP contribution in [0, 0.1) is 23.5 Å². The molecule has 0 saturated heterocycles. The van der Waals surface area contributed by atoms with Crippen LogP contribution < -0.4 is 10.1 Å². The van der Waals surface area contributed by atoms with E-state index in [-0.39, 0.29) is 36.7 Å². The standard InChI is InChI=1S/C15H19F2NO3/c16-12-4-5-14(13(17)6-12)21-9-15(20)18-7-10-2-1-3-11(10)8-19/h4-6,10-11,19H,1-3,7-9H2,(H,18,20). The number of hydrogen-bond acceptors (Lipinski definition) is 3. The van der Waals surface area contributed by atoms with Crippen molar-refractivity contribution in [1.82, 2.24) is 5.32 Å².